The van der Waals surface area contributed by atoms with Gasteiger partial charge in [0.25, 0.3) is 5.91 Å². The van der Waals surface area contributed by atoms with Crippen molar-refractivity contribution >= 4 is 23.4 Å². The summed E-state index contributed by atoms with van der Waals surface area (Å²) in [6.45, 7) is 7.54. The minimum absolute atomic E-state index is 0.0210. The van der Waals surface area contributed by atoms with Crippen molar-refractivity contribution in [1.29, 1.82) is 0 Å². The van der Waals surface area contributed by atoms with E-state index in [0.29, 0.717) is 48.6 Å². The third-order valence-electron chi connectivity index (χ3n) is 4.57. The van der Waals surface area contributed by atoms with Crippen molar-refractivity contribution in [3.8, 4) is 0 Å². The number of hydrogen-bond acceptors (Lipinski definition) is 3. The number of halogens is 1. The number of piperidine rings is 1. The van der Waals surface area contributed by atoms with Gasteiger partial charge in [0.2, 0.25) is 5.91 Å². The third kappa shape index (κ3) is 4.81. The van der Waals surface area contributed by atoms with E-state index in [9.17, 15) is 9.59 Å². The van der Waals surface area contributed by atoms with Crippen LogP contribution in [0, 0.1) is 11.8 Å². The van der Waals surface area contributed by atoms with Gasteiger partial charge in [0, 0.05) is 37.8 Å². The summed E-state index contributed by atoms with van der Waals surface area (Å²) >= 11 is 5.87. The van der Waals surface area contributed by atoms with Crippen LogP contribution in [-0.2, 0) is 4.79 Å². The zero-order valence-corrected chi connectivity index (χ0v) is 14.8. The van der Waals surface area contributed by atoms with E-state index >= 15 is 0 Å². The van der Waals surface area contributed by atoms with Crippen molar-refractivity contribution in [3.63, 3.8) is 0 Å². The first kappa shape index (κ1) is 18.5. The molecule has 0 aromatic carbocycles. The van der Waals surface area contributed by atoms with E-state index in [1.54, 1.807) is 24.4 Å². The molecule has 0 spiro atoms. The Morgan fingerprint density at radius 1 is 1.50 bits per heavy atom. The zero-order chi connectivity index (χ0) is 17.5. The SMILES string of the molecule is C=CCNC(=O)C[C@@H]1CCN(C(=O)c2ccnc(Cl)c2)C[C@@H]1CC. The number of nitrogens with zero attached hydrogens (tertiary/aromatic N) is 2. The summed E-state index contributed by atoms with van der Waals surface area (Å²) in [5, 5.41) is 3.15. The van der Waals surface area contributed by atoms with Gasteiger partial charge in [0.15, 0.2) is 0 Å². The van der Waals surface area contributed by atoms with Crippen LogP contribution in [0.25, 0.3) is 0 Å². The number of carbonyl (C=O) groups excluding carboxylic acids is 2. The maximum absolute atomic E-state index is 12.6. The number of nitrogens with one attached hydrogen (secondary N) is 1. The Labute approximate surface area is 148 Å². The van der Waals surface area contributed by atoms with Gasteiger partial charge in [-0.3, -0.25) is 9.59 Å². The summed E-state index contributed by atoms with van der Waals surface area (Å²) < 4.78 is 0. The normalized spacial score (nSPS) is 20.5. The van der Waals surface area contributed by atoms with Crippen LogP contribution in [0.4, 0.5) is 0 Å². The Bertz CT molecular complexity index is 606. The van der Waals surface area contributed by atoms with Gasteiger partial charge in [-0.05, 0) is 30.4 Å². The molecule has 1 aromatic heterocycles. The van der Waals surface area contributed by atoms with Gasteiger partial charge in [0.05, 0.1) is 0 Å². The van der Waals surface area contributed by atoms with Crippen LogP contribution >= 0.6 is 11.6 Å². The molecule has 5 nitrogen and oxygen atoms in total. The Morgan fingerprint density at radius 2 is 2.29 bits per heavy atom. The molecule has 1 aromatic rings. The van der Waals surface area contributed by atoms with Crippen molar-refractivity contribution in [2.45, 2.75) is 26.2 Å². The van der Waals surface area contributed by atoms with Gasteiger partial charge in [-0.25, -0.2) is 4.98 Å². The van der Waals surface area contributed by atoms with Crippen LogP contribution in [0.5, 0.6) is 0 Å². The zero-order valence-electron chi connectivity index (χ0n) is 14.0. The summed E-state index contributed by atoms with van der Waals surface area (Å²) in [6, 6.07) is 3.28. The number of rotatable bonds is 6. The highest BCUT2D eigenvalue weighted by Crippen LogP contribution is 2.29. The standard InChI is InChI=1S/C18H24ClN3O2/c1-3-7-21-17(23)11-14-6-9-22(12-13(14)4-2)18(24)15-5-8-20-16(19)10-15/h3,5,8,10,13-14H,1,4,6-7,9,11-12H2,2H3,(H,21,23)/t13-,14-/m0/s1. The highest BCUT2D eigenvalue weighted by Gasteiger charge is 2.32. The molecule has 1 N–H and O–H groups in total. The van der Waals surface area contributed by atoms with Gasteiger partial charge in [-0.15, -0.1) is 6.58 Å². The van der Waals surface area contributed by atoms with Crippen molar-refractivity contribution in [2.75, 3.05) is 19.6 Å². The molecule has 6 heteroatoms. The molecule has 0 bridgehead atoms. The van der Waals surface area contributed by atoms with Gasteiger partial charge in [-0.1, -0.05) is 31.0 Å². The smallest absolute Gasteiger partial charge is 0.254 e. The molecule has 1 aliphatic rings. The van der Waals surface area contributed by atoms with Crippen LogP contribution < -0.4 is 5.32 Å². The van der Waals surface area contributed by atoms with Crippen LogP contribution in [-0.4, -0.2) is 41.3 Å². The Balaban J connectivity index is 1.97. The minimum atomic E-state index is -0.0210. The number of likely N-dealkylation sites (tertiary alicyclic amines) is 1. The monoisotopic (exact) mass is 349 g/mol. The van der Waals surface area contributed by atoms with E-state index < -0.39 is 0 Å². The van der Waals surface area contributed by atoms with E-state index in [1.807, 2.05) is 4.90 Å². The largest absolute Gasteiger partial charge is 0.353 e. The highest BCUT2D eigenvalue weighted by atomic mass is 35.5. The van der Waals surface area contributed by atoms with Gasteiger partial charge < -0.3 is 10.2 Å². The Morgan fingerprint density at radius 3 is 2.96 bits per heavy atom. The maximum Gasteiger partial charge on any atom is 0.254 e. The van der Waals surface area contributed by atoms with Crippen molar-refractivity contribution < 1.29 is 9.59 Å². The second kappa shape index (κ2) is 8.83. The minimum Gasteiger partial charge on any atom is -0.353 e. The summed E-state index contributed by atoms with van der Waals surface area (Å²) in [7, 11) is 0. The van der Waals surface area contributed by atoms with Crippen LogP contribution in [0.3, 0.4) is 0 Å². The summed E-state index contributed by atoms with van der Waals surface area (Å²) in [5.74, 6) is 0.672. The average Bonchev–Trinajstić information content (AvgIpc) is 2.59. The van der Waals surface area contributed by atoms with Crippen LogP contribution in [0.2, 0.25) is 5.15 Å². The Kier molecular flexibility index (Phi) is 6.79. The second-order valence-corrected chi connectivity index (χ2v) is 6.52. The molecule has 2 amide bonds. The molecule has 0 aliphatic carbocycles. The molecule has 24 heavy (non-hydrogen) atoms. The lowest BCUT2D eigenvalue weighted by Gasteiger charge is -2.38. The lowest BCUT2D eigenvalue weighted by Crippen LogP contribution is -2.44. The molecule has 0 radical (unpaired) electrons. The van der Waals surface area contributed by atoms with E-state index in [1.165, 1.54) is 0 Å². The first-order valence-corrected chi connectivity index (χ1v) is 8.71. The molecule has 2 rings (SSSR count). The quantitative estimate of drug-likeness (QED) is 0.634. The van der Waals surface area contributed by atoms with E-state index in [0.717, 1.165) is 12.8 Å². The maximum atomic E-state index is 12.6. The summed E-state index contributed by atoms with van der Waals surface area (Å²) in [4.78, 5) is 30.3. The molecule has 1 fully saturated rings. The van der Waals surface area contributed by atoms with Crippen LogP contribution in [0.15, 0.2) is 31.0 Å². The third-order valence-corrected chi connectivity index (χ3v) is 4.77. The predicted octanol–water partition coefficient (Wildman–Crippen LogP) is 2.92. The van der Waals surface area contributed by atoms with E-state index in [2.05, 4.69) is 23.8 Å². The fraction of sp³-hybridized carbons (Fsp3) is 0.500. The number of carbonyl (C=O) groups is 2. The fourth-order valence-electron chi connectivity index (χ4n) is 3.21. The summed E-state index contributed by atoms with van der Waals surface area (Å²) in [6.07, 6.45) is 5.51. The first-order valence-electron chi connectivity index (χ1n) is 8.33. The average molecular weight is 350 g/mol. The molecule has 2 atom stereocenters. The first-order chi connectivity index (χ1) is 11.5. The van der Waals surface area contributed by atoms with Crippen molar-refractivity contribution in [2.24, 2.45) is 11.8 Å². The molecular formula is C18H24ClN3O2. The molecule has 1 saturated heterocycles. The van der Waals surface area contributed by atoms with Gasteiger partial charge in [-0.2, -0.15) is 0 Å². The van der Waals surface area contributed by atoms with Crippen molar-refractivity contribution in [3.05, 3.63) is 41.7 Å². The number of amides is 2. The molecule has 1 aliphatic heterocycles. The second-order valence-electron chi connectivity index (χ2n) is 6.13. The van der Waals surface area contributed by atoms with E-state index in [4.69, 9.17) is 11.6 Å². The lowest BCUT2D eigenvalue weighted by atomic mass is 9.81. The highest BCUT2D eigenvalue weighted by molar-refractivity contribution is 6.29. The number of hydrogen-bond donors (Lipinski definition) is 1. The Hall–Kier alpha value is -1.88. The van der Waals surface area contributed by atoms with Gasteiger partial charge in [0.1, 0.15) is 5.15 Å². The van der Waals surface area contributed by atoms with E-state index in [-0.39, 0.29) is 11.8 Å². The molecule has 0 unspecified atom stereocenters. The molecule has 130 valence electrons. The summed E-state index contributed by atoms with van der Waals surface area (Å²) in [5.41, 5.74) is 0.562. The van der Waals surface area contributed by atoms with Crippen LogP contribution in [0.1, 0.15) is 36.5 Å². The molecule has 2 heterocycles. The fourth-order valence-corrected chi connectivity index (χ4v) is 3.38. The lowest BCUT2D eigenvalue weighted by molar-refractivity contribution is -0.122. The molecule has 0 saturated carbocycles. The number of aromatic nitrogens is 1. The molecular weight excluding hydrogens is 326 g/mol. The topological polar surface area (TPSA) is 62.3 Å². The van der Waals surface area contributed by atoms with Gasteiger partial charge >= 0.3 is 0 Å². The number of pyridine rings is 1. The van der Waals surface area contributed by atoms with Crippen molar-refractivity contribution in [1.82, 2.24) is 15.2 Å². The predicted molar refractivity (Wildman–Crippen MR) is 94.9 cm³/mol.